The molecule has 0 aromatic heterocycles. The molecule has 0 atom stereocenters. The number of rotatable bonds is 9. The van der Waals surface area contributed by atoms with Gasteiger partial charge in [-0.05, 0) is 35.9 Å². The van der Waals surface area contributed by atoms with Crippen LogP contribution in [0.1, 0.15) is 11.1 Å². The van der Waals surface area contributed by atoms with Crippen LogP contribution < -0.4 is 24.3 Å². The molecule has 0 spiro atoms. The molecule has 0 radical (unpaired) electrons. The van der Waals surface area contributed by atoms with Crippen molar-refractivity contribution in [2.45, 2.75) is 19.7 Å². The van der Waals surface area contributed by atoms with Crippen LogP contribution in [0.3, 0.4) is 0 Å². The second-order valence-corrected chi connectivity index (χ2v) is 5.70. The number of alkyl halides is 2. The maximum atomic E-state index is 12.5. The highest BCUT2D eigenvalue weighted by molar-refractivity contribution is 6.30. The molecular weight excluding hydrogens is 403 g/mol. The van der Waals surface area contributed by atoms with Gasteiger partial charge in [0, 0.05) is 23.7 Å². The lowest BCUT2D eigenvalue weighted by atomic mass is 10.1. The molecule has 27 heavy (non-hydrogen) atoms. The van der Waals surface area contributed by atoms with Crippen LogP contribution in [-0.2, 0) is 13.1 Å². The Bertz CT molecular complexity index is 722. The van der Waals surface area contributed by atoms with E-state index in [0.29, 0.717) is 40.9 Å². The summed E-state index contributed by atoms with van der Waals surface area (Å²) in [5.41, 5.74) is 1.41. The molecule has 0 saturated heterocycles. The highest BCUT2D eigenvalue weighted by Crippen LogP contribution is 2.38. The predicted octanol–water partition coefficient (Wildman–Crippen LogP) is 4.68. The van der Waals surface area contributed by atoms with Crippen molar-refractivity contribution >= 4 is 24.0 Å². The van der Waals surface area contributed by atoms with E-state index in [1.165, 1.54) is 33.5 Å². The Kier molecular flexibility index (Phi) is 9.41. The van der Waals surface area contributed by atoms with Crippen molar-refractivity contribution in [2.75, 3.05) is 21.3 Å². The molecular formula is C18H21Cl2F2NO4. The number of hydrogen-bond donors (Lipinski definition) is 1. The number of hydrogen-bond acceptors (Lipinski definition) is 5. The van der Waals surface area contributed by atoms with Gasteiger partial charge >= 0.3 is 6.61 Å². The molecule has 0 aliphatic heterocycles. The third-order valence-corrected chi connectivity index (χ3v) is 3.84. The molecule has 0 saturated carbocycles. The largest absolute Gasteiger partial charge is 0.493 e. The molecule has 0 aliphatic carbocycles. The first-order valence-corrected chi connectivity index (χ1v) is 8.09. The van der Waals surface area contributed by atoms with Gasteiger partial charge in [-0.1, -0.05) is 11.6 Å². The molecule has 0 aliphatic rings. The minimum absolute atomic E-state index is 0. The van der Waals surface area contributed by atoms with Crippen LogP contribution in [-0.4, -0.2) is 27.9 Å². The summed E-state index contributed by atoms with van der Waals surface area (Å²) >= 11 is 5.94. The Morgan fingerprint density at radius 1 is 0.926 bits per heavy atom. The van der Waals surface area contributed by atoms with Gasteiger partial charge in [0.25, 0.3) is 0 Å². The number of ether oxygens (including phenoxy) is 4. The number of methoxy groups -OCH3 is 3. The first-order valence-electron chi connectivity index (χ1n) is 7.71. The van der Waals surface area contributed by atoms with Crippen molar-refractivity contribution in [3.05, 3.63) is 46.5 Å². The summed E-state index contributed by atoms with van der Waals surface area (Å²) < 4.78 is 45.4. The average Bonchev–Trinajstić information content (AvgIpc) is 2.62. The zero-order valence-corrected chi connectivity index (χ0v) is 16.6. The van der Waals surface area contributed by atoms with Crippen LogP contribution >= 0.6 is 24.0 Å². The Labute approximate surface area is 167 Å². The summed E-state index contributed by atoms with van der Waals surface area (Å²) in [6.45, 7) is -2.17. The van der Waals surface area contributed by atoms with Gasteiger partial charge in [0.1, 0.15) is 5.75 Å². The summed E-state index contributed by atoms with van der Waals surface area (Å²) in [5, 5.41) is 3.60. The van der Waals surface area contributed by atoms with E-state index >= 15 is 0 Å². The molecule has 5 nitrogen and oxygen atoms in total. The van der Waals surface area contributed by atoms with Crippen LogP contribution in [0.4, 0.5) is 8.78 Å². The van der Waals surface area contributed by atoms with E-state index < -0.39 is 6.61 Å². The first-order chi connectivity index (χ1) is 12.5. The topological polar surface area (TPSA) is 49.0 Å². The summed E-state index contributed by atoms with van der Waals surface area (Å²) in [6.07, 6.45) is 0. The standard InChI is InChI=1S/C18H20ClF2NO4.ClH/c1-23-15-6-11(7-16(24-2)17(15)25-3)9-22-10-12-8-13(19)4-5-14(12)26-18(20)21;/h4-8,18,22H,9-10H2,1-3H3;1H. The van der Waals surface area contributed by atoms with Gasteiger partial charge in [0.2, 0.25) is 5.75 Å². The van der Waals surface area contributed by atoms with Crippen molar-refractivity contribution in [1.29, 1.82) is 0 Å². The third kappa shape index (κ3) is 6.30. The Morgan fingerprint density at radius 2 is 1.56 bits per heavy atom. The number of halogens is 4. The second kappa shape index (κ2) is 11.0. The fourth-order valence-corrected chi connectivity index (χ4v) is 2.67. The van der Waals surface area contributed by atoms with Gasteiger partial charge in [-0.2, -0.15) is 8.78 Å². The highest BCUT2D eigenvalue weighted by atomic mass is 35.5. The SMILES string of the molecule is COc1cc(CNCc2cc(Cl)ccc2OC(F)F)cc(OC)c1OC.Cl. The number of nitrogens with one attached hydrogen (secondary N) is 1. The van der Waals surface area contributed by atoms with E-state index in [1.807, 2.05) is 12.1 Å². The van der Waals surface area contributed by atoms with Crippen LogP contribution in [0, 0.1) is 0 Å². The lowest BCUT2D eigenvalue weighted by Gasteiger charge is -2.15. The maximum absolute atomic E-state index is 12.5. The van der Waals surface area contributed by atoms with Crippen molar-refractivity contribution in [3.8, 4) is 23.0 Å². The van der Waals surface area contributed by atoms with Crippen LogP contribution in [0.25, 0.3) is 0 Å². The fraction of sp³-hybridized carbons (Fsp3) is 0.333. The van der Waals surface area contributed by atoms with Gasteiger partial charge in [-0.15, -0.1) is 12.4 Å². The van der Waals surface area contributed by atoms with Crippen molar-refractivity contribution in [2.24, 2.45) is 0 Å². The first kappa shape index (κ1) is 23.1. The van der Waals surface area contributed by atoms with E-state index in [2.05, 4.69) is 10.1 Å². The van der Waals surface area contributed by atoms with E-state index in [4.69, 9.17) is 25.8 Å². The minimum atomic E-state index is -2.90. The van der Waals surface area contributed by atoms with Crippen molar-refractivity contribution in [1.82, 2.24) is 5.32 Å². The molecule has 0 unspecified atom stereocenters. The molecule has 2 aromatic rings. The zero-order valence-electron chi connectivity index (χ0n) is 15.1. The Balaban J connectivity index is 0.00000364. The number of benzene rings is 2. The van der Waals surface area contributed by atoms with Gasteiger partial charge in [0.15, 0.2) is 11.5 Å². The maximum Gasteiger partial charge on any atom is 0.387 e. The van der Waals surface area contributed by atoms with E-state index in [0.717, 1.165) is 5.56 Å². The molecule has 0 heterocycles. The molecule has 2 rings (SSSR count). The normalized spacial score (nSPS) is 10.3. The summed E-state index contributed by atoms with van der Waals surface area (Å²) in [6, 6.07) is 8.13. The summed E-state index contributed by atoms with van der Waals surface area (Å²) in [4.78, 5) is 0. The quantitative estimate of drug-likeness (QED) is 0.634. The molecule has 0 amide bonds. The van der Waals surface area contributed by atoms with Crippen molar-refractivity contribution < 1.29 is 27.7 Å². The summed E-state index contributed by atoms with van der Waals surface area (Å²) in [7, 11) is 4.60. The lowest BCUT2D eigenvalue weighted by Crippen LogP contribution is -2.15. The van der Waals surface area contributed by atoms with E-state index in [1.54, 1.807) is 6.07 Å². The minimum Gasteiger partial charge on any atom is -0.493 e. The highest BCUT2D eigenvalue weighted by Gasteiger charge is 2.14. The van der Waals surface area contributed by atoms with E-state index in [9.17, 15) is 8.78 Å². The molecule has 0 fully saturated rings. The Morgan fingerprint density at radius 3 is 2.07 bits per heavy atom. The van der Waals surface area contributed by atoms with E-state index in [-0.39, 0.29) is 18.2 Å². The third-order valence-electron chi connectivity index (χ3n) is 3.61. The lowest BCUT2D eigenvalue weighted by molar-refractivity contribution is -0.0505. The average molecular weight is 424 g/mol. The predicted molar refractivity (Wildman–Crippen MR) is 102 cm³/mol. The fourth-order valence-electron chi connectivity index (χ4n) is 2.48. The molecule has 2 aromatic carbocycles. The molecule has 9 heteroatoms. The van der Waals surface area contributed by atoms with Gasteiger partial charge in [-0.3, -0.25) is 0 Å². The van der Waals surface area contributed by atoms with Gasteiger partial charge in [-0.25, -0.2) is 0 Å². The van der Waals surface area contributed by atoms with Crippen molar-refractivity contribution in [3.63, 3.8) is 0 Å². The second-order valence-electron chi connectivity index (χ2n) is 5.27. The van der Waals surface area contributed by atoms with Crippen LogP contribution in [0.15, 0.2) is 30.3 Å². The van der Waals surface area contributed by atoms with Gasteiger partial charge < -0.3 is 24.3 Å². The summed E-state index contributed by atoms with van der Waals surface area (Å²) in [5.74, 6) is 1.66. The Hall–Kier alpha value is -1.96. The van der Waals surface area contributed by atoms with Gasteiger partial charge in [0.05, 0.1) is 21.3 Å². The van der Waals surface area contributed by atoms with Crippen LogP contribution in [0.2, 0.25) is 5.02 Å². The molecule has 0 bridgehead atoms. The monoisotopic (exact) mass is 423 g/mol. The molecule has 150 valence electrons. The smallest absolute Gasteiger partial charge is 0.387 e. The van der Waals surface area contributed by atoms with Crippen LogP contribution in [0.5, 0.6) is 23.0 Å². The zero-order chi connectivity index (χ0) is 19.1. The molecule has 1 N–H and O–H groups in total.